The van der Waals surface area contributed by atoms with Gasteiger partial charge in [-0.05, 0) is 19.5 Å². The van der Waals surface area contributed by atoms with E-state index in [0.717, 1.165) is 32.6 Å². The molecule has 1 rings (SSSR count). The van der Waals surface area contributed by atoms with E-state index in [2.05, 4.69) is 28.2 Å². The highest BCUT2D eigenvalue weighted by Gasteiger charge is 2.26. The minimum atomic E-state index is 0.290. The predicted octanol–water partition coefficient (Wildman–Crippen LogP) is 0.982. The molecule has 0 spiro atoms. The summed E-state index contributed by atoms with van der Waals surface area (Å²) in [6.07, 6.45) is 1.72. The van der Waals surface area contributed by atoms with Crippen LogP contribution in [0.3, 0.4) is 0 Å². The highest BCUT2D eigenvalue weighted by atomic mass is 79.9. The molecule has 1 heterocycles. The number of nitrogens with zero attached hydrogens (tertiary/aromatic N) is 1. The van der Waals surface area contributed by atoms with Gasteiger partial charge in [0, 0.05) is 24.3 Å². The Hall–Kier alpha value is -0.0900. The number of nitrogens with one attached hydrogen (secondary N) is 1. The van der Waals surface area contributed by atoms with Crippen molar-refractivity contribution in [2.75, 3.05) is 26.2 Å². The smallest absolute Gasteiger partial charge is 0.223 e. The summed E-state index contributed by atoms with van der Waals surface area (Å²) >= 11 is 3.46. The highest BCUT2D eigenvalue weighted by molar-refractivity contribution is 9.09. The summed E-state index contributed by atoms with van der Waals surface area (Å²) in [5, 5.41) is 3.25. The summed E-state index contributed by atoms with van der Waals surface area (Å²) < 4.78 is 0. The molecule has 76 valence electrons. The van der Waals surface area contributed by atoms with Gasteiger partial charge >= 0.3 is 0 Å². The van der Waals surface area contributed by atoms with Crippen LogP contribution in [0.15, 0.2) is 0 Å². The van der Waals surface area contributed by atoms with Crippen LogP contribution < -0.4 is 5.32 Å². The van der Waals surface area contributed by atoms with E-state index >= 15 is 0 Å². The zero-order valence-corrected chi connectivity index (χ0v) is 9.64. The van der Waals surface area contributed by atoms with Crippen LogP contribution in [0.5, 0.6) is 0 Å². The van der Waals surface area contributed by atoms with E-state index in [1.807, 2.05) is 4.90 Å². The summed E-state index contributed by atoms with van der Waals surface area (Å²) in [5.41, 5.74) is 0. The molecule has 1 fully saturated rings. The summed E-state index contributed by atoms with van der Waals surface area (Å²) in [6, 6.07) is 0. The third-order valence-corrected chi connectivity index (χ3v) is 2.81. The number of likely N-dealkylation sites (tertiary alicyclic amines) is 1. The van der Waals surface area contributed by atoms with Crippen molar-refractivity contribution in [3.63, 3.8) is 0 Å². The van der Waals surface area contributed by atoms with E-state index in [1.165, 1.54) is 0 Å². The average molecular weight is 249 g/mol. The molecule has 1 unspecified atom stereocenters. The maximum atomic E-state index is 11.3. The molecule has 0 radical (unpaired) electrons. The second-order valence-electron chi connectivity index (χ2n) is 3.35. The van der Waals surface area contributed by atoms with E-state index in [9.17, 15) is 4.79 Å². The van der Waals surface area contributed by atoms with Crippen LogP contribution in [0.2, 0.25) is 0 Å². The van der Waals surface area contributed by atoms with Gasteiger partial charge in [0.15, 0.2) is 0 Å². The molecule has 0 aliphatic carbocycles. The minimum absolute atomic E-state index is 0.290. The second kappa shape index (κ2) is 5.60. The fourth-order valence-electron chi connectivity index (χ4n) is 1.51. The Balaban J connectivity index is 2.11. The van der Waals surface area contributed by atoms with Crippen molar-refractivity contribution in [3.8, 4) is 0 Å². The lowest BCUT2D eigenvalue weighted by molar-refractivity contribution is -0.127. The van der Waals surface area contributed by atoms with Crippen LogP contribution in [0.1, 0.15) is 19.8 Å². The SMILES string of the molecule is CCNCCCN1CC(Br)CC1=O. The van der Waals surface area contributed by atoms with Crippen molar-refractivity contribution >= 4 is 21.8 Å². The summed E-state index contributed by atoms with van der Waals surface area (Å²) in [5.74, 6) is 0.290. The maximum Gasteiger partial charge on any atom is 0.223 e. The van der Waals surface area contributed by atoms with E-state index in [4.69, 9.17) is 0 Å². The molecule has 0 saturated carbocycles. The van der Waals surface area contributed by atoms with Crippen LogP contribution in [0.4, 0.5) is 0 Å². The maximum absolute atomic E-state index is 11.3. The van der Waals surface area contributed by atoms with E-state index in [-0.39, 0.29) is 0 Å². The van der Waals surface area contributed by atoms with Gasteiger partial charge < -0.3 is 10.2 Å². The first-order valence-electron chi connectivity index (χ1n) is 4.86. The van der Waals surface area contributed by atoms with Gasteiger partial charge in [-0.3, -0.25) is 4.79 Å². The summed E-state index contributed by atoms with van der Waals surface area (Å²) in [6.45, 7) is 5.89. The molecule has 1 aliphatic heterocycles. The first-order valence-corrected chi connectivity index (χ1v) is 5.78. The number of hydrogen-bond acceptors (Lipinski definition) is 2. The lowest BCUT2D eigenvalue weighted by atomic mass is 10.4. The number of halogens is 1. The lowest BCUT2D eigenvalue weighted by Gasteiger charge is -2.15. The molecule has 3 nitrogen and oxygen atoms in total. The zero-order valence-electron chi connectivity index (χ0n) is 8.05. The summed E-state index contributed by atoms with van der Waals surface area (Å²) in [4.78, 5) is 13.6. The van der Waals surface area contributed by atoms with Gasteiger partial charge in [-0.2, -0.15) is 0 Å². The standard InChI is InChI=1S/C9H17BrN2O/c1-2-11-4-3-5-12-7-8(10)6-9(12)13/h8,11H,2-7H2,1H3. The van der Waals surface area contributed by atoms with Crippen molar-refractivity contribution in [2.24, 2.45) is 0 Å². The Morgan fingerprint density at radius 3 is 3.00 bits per heavy atom. The molecule has 4 heteroatoms. The third kappa shape index (κ3) is 3.65. The van der Waals surface area contributed by atoms with Crippen molar-refractivity contribution in [1.29, 1.82) is 0 Å². The summed E-state index contributed by atoms with van der Waals surface area (Å²) in [7, 11) is 0. The molecule has 1 N–H and O–H groups in total. The number of rotatable bonds is 5. The largest absolute Gasteiger partial charge is 0.341 e. The minimum Gasteiger partial charge on any atom is -0.341 e. The van der Waals surface area contributed by atoms with Crippen molar-refractivity contribution < 1.29 is 4.79 Å². The van der Waals surface area contributed by atoms with E-state index in [0.29, 0.717) is 17.2 Å². The quantitative estimate of drug-likeness (QED) is 0.582. The Labute approximate surface area is 88.0 Å². The molecule has 1 aliphatic rings. The first kappa shape index (κ1) is 11.0. The fourth-order valence-corrected chi connectivity index (χ4v) is 2.14. The molecular weight excluding hydrogens is 232 g/mol. The van der Waals surface area contributed by atoms with Crippen LogP contribution >= 0.6 is 15.9 Å². The molecule has 0 aromatic carbocycles. The Morgan fingerprint density at radius 1 is 1.69 bits per heavy atom. The number of carbonyl (C=O) groups excluding carboxylic acids is 1. The van der Waals surface area contributed by atoms with Crippen LogP contribution in [-0.2, 0) is 4.79 Å². The zero-order chi connectivity index (χ0) is 9.68. The third-order valence-electron chi connectivity index (χ3n) is 2.20. The molecule has 1 amide bonds. The first-order chi connectivity index (χ1) is 6.24. The second-order valence-corrected chi connectivity index (χ2v) is 4.64. The number of hydrogen-bond donors (Lipinski definition) is 1. The average Bonchev–Trinajstić information content (AvgIpc) is 2.39. The number of carbonyl (C=O) groups is 1. The van der Waals surface area contributed by atoms with Crippen molar-refractivity contribution in [1.82, 2.24) is 10.2 Å². The van der Waals surface area contributed by atoms with Crippen LogP contribution in [0, 0.1) is 0 Å². The van der Waals surface area contributed by atoms with Gasteiger partial charge in [0.1, 0.15) is 0 Å². The number of alkyl halides is 1. The predicted molar refractivity (Wildman–Crippen MR) is 57.1 cm³/mol. The van der Waals surface area contributed by atoms with Crippen LogP contribution in [-0.4, -0.2) is 41.8 Å². The molecule has 1 atom stereocenters. The normalized spacial score (nSPS) is 22.8. The molecule has 0 aromatic heterocycles. The van der Waals surface area contributed by atoms with E-state index in [1.54, 1.807) is 0 Å². The topological polar surface area (TPSA) is 32.3 Å². The van der Waals surface area contributed by atoms with Gasteiger partial charge in [-0.1, -0.05) is 22.9 Å². The molecule has 1 saturated heterocycles. The molecular formula is C9H17BrN2O. The van der Waals surface area contributed by atoms with Gasteiger partial charge in [0.25, 0.3) is 0 Å². The highest BCUT2D eigenvalue weighted by Crippen LogP contribution is 2.17. The van der Waals surface area contributed by atoms with E-state index < -0.39 is 0 Å². The van der Waals surface area contributed by atoms with Crippen molar-refractivity contribution in [2.45, 2.75) is 24.6 Å². The Morgan fingerprint density at radius 2 is 2.46 bits per heavy atom. The number of amides is 1. The Kier molecular flexibility index (Phi) is 4.73. The van der Waals surface area contributed by atoms with Gasteiger partial charge in [0.05, 0.1) is 0 Å². The molecule has 0 aromatic rings. The van der Waals surface area contributed by atoms with Crippen molar-refractivity contribution in [3.05, 3.63) is 0 Å². The van der Waals surface area contributed by atoms with Gasteiger partial charge in [-0.25, -0.2) is 0 Å². The van der Waals surface area contributed by atoms with Gasteiger partial charge in [0.2, 0.25) is 5.91 Å². The Bertz CT molecular complexity index is 175. The monoisotopic (exact) mass is 248 g/mol. The lowest BCUT2D eigenvalue weighted by Crippen LogP contribution is -2.28. The van der Waals surface area contributed by atoms with Crippen LogP contribution in [0.25, 0.3) is 0 Å². The fraction of sp³-hybridized carbons (Fsp3) is 0.889. The van der Waals surface area contributed by atoms with Gasteiger partial charge in [-0.15, -0.1) is 0 Å². The molecule has 13 heavy (non-hydrogen) atoms. The molecule has 0 bridgehead atoms.